The van der Waals surface area contributed by atoms with Crippen LogP contribution >= 0.6 is 0 Å². The summed E-state index contributed by atoms with van der Waals surface area (Å²) in [7, 11) is -1.82. The van der Waals surface area contributed by atoms with Crippen LogP contribution in [0.25, 0.3) is 0 Å². The molecule has 1 aromatic heterocycles. The number of hydrogen-bond donors (Lipinski definition) is 1. The molecule has 2 aromatic rings. The van der Waals surface area contributed by atoms with Gasteiger partial charge in [0, 0.05) is 62.8 Å². The molecule has 3 saturated heterocycles. The SMILES string of the molecule is CN(C1CCN(Cc2ccccc2)CC1)S(=O)(=O)N1[C@@H]2CC[C@H]1CC(NC(=O)c1cc(C3CC3)on1)C2. The summed E-state index contributed by atoms with van der Waals surface area (Å²) in [5, 5.41) is 7.05. The molecule has 37 heavy (non-hydrogen) atoms. The lowest BCUT2D eigenvalue weighted by molar-refractivity contribution is 0.0896. The molecule has 4 heterocycles. The van der Waals surface area contributed by atoms with Crippen molar-refractivity contribution in [3.05, 3.63) is 53.4 Å². The Morgan fingerprint density at radius 1 is 1.05 bits per heavy atom. The van der Waals surface area contributed by atoms with Crippen molar-refractivity contribution in [3.63, 3.8) is 0 Å². The van der Waals surface area contributed by atoms with Crippen molar-refractivity contribution in [1.82, 2.24) is 24.0 Å². The van der Waals surface area contributed by atoms with E-state index in [1.54, 1.807) is 21.7 Å². The minimum atomic E-state index is -3.57. The zero-order valence-electron chi connectivity index (χ0n) is 21.5. The van der Waals surface area contributed by atoms with Crippen LogP contribution in [-0.2, 0) is 16.8 Å². The number of benzene rings is 1. The Balaban J connectivity index is 1.04. The third-order valence-corrected chi connectivity index (χ3v) is 10.8. The van der Waals surface area contributed by atoms with Crippen LogP contribution in [0, 0.1) is 0 Å². The molecule has 6 rings (SSSR count). The molecule has 1 amide bonds. The molecule has 2 bridgehead atoms. The number of carbonyl (C=O) groups excluding carboxylic acids is 1. The monoisotopic (exact) mass is 527 g/mol. The molecule has 1 aliphatic carbocycles. The lowest BCUT2D eigenvalue weighted by Crippen LogP contribution is -2.57. The number of carbonyl (C=O) groups is 1. The van der Waals surface area contributed by atoms with Gasteiger partial charge < -0.3 is 9.84 Å². The first-order valence-corrected chi connectivity index (χ1v) is 15.1. The van der Waals surface area contributed by atoms with Crippen molar-refractivity contribution in [2.75, 3.05) is 20.1 Å². The lowest BCUT2D eigenvalue weighted by atomic mass is 9.99. The van der Waals surface area contributed by atoms with E-state index in [1.165, 1.54) is 5.56 Å². The van der Waals surface area contributed by atoms with E-state index in [4.69, 9.17) is 4.52 Å². The van der Waals surface area contributed by atoms with Gasteiger partial charge in [-0.15, -0.1) is 0 Å². The largest absolute Gasteiger partial charge is 0.360 e. The molecule has 200 valence electrons. The topological polar surface area (TPSA) is 99.0 Å². The van der Waals surface area contributed by atoms with Gasteiger partial charge in [0.2, 0.25) is 0 Å². The van der Waals surface area contributed by atoms with Crippen molar-refractivity contribution >= 4 is 16.1 Å². The fraction of sp³-hybridized carbons (Fsp3) is 0.630. The zero-order chi connectivity index (χ0) is 25.6. The predicted octanol–water partition coefficient (Wildman–Crippen LogP) is 3.12. The number of rotatable bonds is 8. The summed E-state index contributed by atoms with van der Waals surface area (Å²) in [6, 6.07) is 12.0. The standard InChI is InChI=1S/C27H37N5O4S/c1-30(22-11-13-31(14-12-22)18-19-5-3-2-4-6-19)37(34,35)32-23-9-10-24(32)16-21(15-23)28-27(33)25-17-26(36-29-25)20-7-8-20/h2-6,17,20-24H,7-16,18H2,1H3,(H,28,33)/t21?,23-,24+. The summed E-state index contributed by atoms with van der Waals surface area (Å²) in [5.74, 6) is 0.974. The van der Waals surface area contributed by atoms with Gasteiger partial charge in [0.05, 0.1) is 0 Å². The van der Waals surface area contributed by atoms with E-state index in [2.05, 4.69) is 39.6 Å². The number of hydrogen-bond acceptors (Lipinski definition) is 6. The van der Waals surface area contributed by atoms with Gasteiger partial charge in [-0.1, -0.05) is 35.5 Å². The maximum absolute atomic E-state index is 13.8. The molecule has 10 heteroatoms. The number of nitrogens with one attached hydrogen (secondary N) is 1. The molecule has 0 spiro atoms. The number of fused-ring (bicyclic) bond motifs is 2. The summed E-state index contributed by atoms with van der Waals surface area (Å²) in [6.07, 6.45) is 6.82. The molecule has 1 aromatic carbocycles. The molecule has 1 saturated carbocycles. The number of nitrogens with zero attached hydrogens (tertiary/aromatic N) is 4. The highest BCUT2D eigenvalue weighted by Crippen LogP contribution is 2.41. The molecule has 4 aliphatic rings. The van der Waals surface area contributed by atoms with Crippen LogP contribution in [0.2, 0.25) is 0 Å². The van der Waals surface area contributed by atoms with E-state index in [0.29, 0.717) is 24.5 Å². The van der Waals surface area contributed by atoms with Crippen molar-refractivity contribution in [3.8, 4) is 0 Å². The second kappa shape index (κ2) is 10.1. The molecule has 3 aliphatic heterocycles. The third kappa shape index (κ3) is 5.21. The summed E-state index contributed by atoms with van der Waals surface area (Å²) in [5.41, 5.74) is 1.61. The van der Waals surface area contributed by atoms with Gasteiger partial charge in [0.1, 0.15) is 5.76 Å². The van der Waals surface area contributed by atoms with Crippen molar-refractivity contribution < 1.29 is 17.7 Å². The average molecular weight is 528 g/mol. The molecule has 4 fully saturated rings. The van der Waals surface area contributed by atoms with Crippen LogP contribution in [0.15, 0.2) is 40.9 Å². The summed E-state index contributed by atoms with van der Waals surface area (Å²) >= 11 is 0. The third-order valence-electron chi connectivity index (χ3n) is 8.69. The predicted molar refractivity (Wildman–Crippen MR) is 139 cm³/mol. The first-order valence-electron chi connectivity index (χ1n) is 13.7. The molecule has 9 nitrogen and oxygen atoms in total. The van der Waals surface area contributed by atoms with E-state index in [9.17, 15) is 13.2 Å². The first kappa shape index (κ1) is 25.0. The fourth-order valence-corrected chi connectivity index (χ4v) is 8.49. The van der Waals surface area contributed by atoms with Gasteiger partial charge >= 0.3 is 0 Å². The van der Waals surface area contributed by atoms with Crippen molar-refractivity contribution in [2.45, 2.75) is 88.0 Å². The van der Waals surface area contributed by atoms with Crippen LogP contribution < -0.4 is 5.32 Å². The van der Waals surface area contributed by atoms with Gasteiger partial charge in [-0.05, 0) is 56.9 Å². The quantitative estimate of drug-likeness (QED) is 0.566. The minimum absolute atomic E-state index is 0.0154. The number of amides is 1. The Morgan fingerprint density at radius 2 is 1.73 bits per heavy atom. The average Bonchev–Trinajstić information content (AvgIpc) is 3.55. The van der Waals surface area contributed by atoms with E-state index >= 15 is 0 Å². The fourth-order valence-electron chi connectivity index (χ4n) is 6.46. The van der Waals surface area contributed by atoms with Gasteiger partial charge in [0.25, 0.3) is 16.1 Å². The van der Waals surface area contributed by atoms with Crippen LogP contribution in [0.5, 0.6) is 0 Å². The molecule has 1 N–H and O–H groups in total. The molecular weight excluding hydrogens is 490 g/mol. The molecule has 0 radical (unpaired) electrons. The maximum atomic E-state index is 13.8. The Kier molecular flexibility index (Phi) is 6.85. The Bertz CT molecular complexity index is 1190. The van der Waals surface area contributed by atoms with Crippen molar-refractivity contribution in [1.29, 1.82) is 0 Å². The van der Waals surface area contributed by atoms with Crippen LogP contribution in [0.1, 0.15) is 79.1 Å². The van der Waals surface area contributed by atoms with Crippen LogP contribution in [0.3, 0.4) is 0 Å². The number of likely N-dealkylation sites (tertiary alicyclic amines) is 1. The van der Waals surface area contributed by atoms with Crippen molar-refractivity contribution in [2.24, 2.45) is 0 Å². The zero-order valence-corrected chi connectivity index (χ0v) is 22.3. The second-order valence-corrected chi connectivity index (χ2v) is 13.2. The van der Waals surface area contributed by atoms with Crippen LogP contribution in [0.4, 0.5) is 0 Å². The molecule has 3 atom stereocenters. The van der Waals surface area contributed by atoms with Gasteiger partial charge in [0.15, 0.2) is 5.69 Å². The van der Waals surface area contributed by atoms with Crippen LogP contribution in [-0.4, -0.2) is 77.3 Å². The Morgan fingerprint density at radius 3 is 2.38 bits per heavy atom. The van der Waals surface area contributed by atoms with E-state index in [0.717, 1.165) is 63.9 Å². The van der Waals surface area contributed by atoms with E-state index in [-0.39, 0.29) is 30.1 Å². The van der Waals surface area contributed by atoms with Gasteiger partial charge in [-0.25, -0.2) is 0 Å². The highest BCUT2D eigenvalue weighted by atomic mass is 32.2. The van der Waals surface area contributed by atoms with Gasteiger partial charge in [-0.3, -0.25) is 9.69 Å². The Hall–Kier alpha value is -2.27. The number of aromatic nitrogens is 1. The lowest BCUT2D eigenvalue weighted by Gasteiger charge is -2.43. The van der Waals surface area contributed by atoms with E-state index < -0.39 is 10.2 Å². The first-order chi connectivity index (χ1) is 17.9. The second-order valence-electron chi connectivity index (χ2n) is 11.3. The number of piperidine rings is 2. The molecular formula is C27H37N5O4S. The molecule has 1 unspecified atom stereocenters. The highest BCUT2D eigenvalue weighted by molar-refractivity contribution is 7.86. The summed E-state index contributed by atoms with van der Waals surface area (Å²) in [4.78, 5) is 15.2. The highest BCUT2D eigenvalue weighted by Gasteiger charge is 2.49. The minimum Gasteiger partial charge on any atom is -0.360 e. The smallest absolute Gasteiger partial charge is 0.282 e. The van der Waals surface area contributed by atoms with Gasteiger partial charge in [-0.2, -0.15) is 17.0 Å². The summed E-state index contributed by atoms with van der Waals surface area (Å²) < 4.78 is 36.3. The maximum Gasteiger partial charge on any atom is 0.282 e. The Labute approximate surface area is 219 Å². The summed E-state index contributed by atoms with van der Waals surface area (Å²) in [6.45, 7) is 2.69. The normalized spacial score (nSPS) is 27.6. The van der Waals surface area contributed by atoms with E-state index in [1.807, 2.05) is 6.07 Å².